The van der Waals surface area contributed by atoms with Gasteiger partial charge in [-0.3, -0.25) is 4.79 Å². The molecule has 4 rings (SSSR count). The molecule has 0 aliphatic heterocycles. The maximum Gasteiger partial charge on any atom is 0.321 e. The number of benzene rings is 1. The van der Waals surface area contributed by atoms with Crippen LogP contribution in [-0.2, 0) is 11.2 Å². The molecule has 0 unspecified atom stereocenters. The number of aryl methyl sites for hydroxylation is 1. The van der Waals surface area contributed by atoms with E-state index in [1.54, 1.807) is 6.07 Å². The number of carboxylic acids is 1. The minimum absolute atomic E-state index is 0.0311. The van der Waals surface area contributed by atoms with E-state index >= 15 is 0 Å². The second-order valence-corrected chi connectivity index (χ2v) is 9.99. The lowest BCUT2D eigenvalue weighted by atomic mass is 9.55. The van der Waals surface area contributed by atoms with Gasteiger partial charge < -0.3 is 26.2 Å². The first-order chi connectivity index (χ1) is 13.2. The lowest BCUT2D eigenvalue weighted by Crippen LogP contribution is -2.44. The smallest absolute Gasteiger partial charge is 0.321 e. The molecular formula is C21H29NO5S. The maximum atomic E-state index is 11.1. The zero-order valence-electron chi connectivity index (χ0n) is 16.1. The standard InChI is InChI=1S/C21H29NO5S/c1-21-7-6-12-11(13(21)4-5-16(21)24)3-2-10-8-15(23)18(25)19(17(10)12)28-9-14(22)20(26)27/h8,11-14,16,23-25H,2-7,9,22H2,1H3,(H,26,27)/t11-,12+,13+,14-,16+,21+/m1/s1. The average Bonchev–Trinajstić information content (AvgIpc) is 2.96. The minimum Gasteiger partial charge on any atom is -0.504 e. The minimum atomic E-state index is -1.08. The van der Waals surface area contributed by atoms with Crippen LogP contribution in [0.4, 0.5) is 0 Å². The van der Waals surface area contributed by atoms with Crippen molar-refractivity contribution in [1.29, 1.82) is 0 Å². The molecule has 154 valence electrons. The van der Waals surface area contributed by atoms with Crippen LogP contribution < -0.4 is 5.73 Å². The van der Waals surface area contributed by atoms with E-state index in [-0.39, 0.29) is 34.7 Å². The van der Waals surface area contributed by atoms with Crippen LogP contribution in [0.25, 0.3) is 0 Å². The zero-order valence-corrected chi connectivity index (χ0v) is 16.9. The van der Waals surface area contributed by atoms with E-state index in [0.29, 0.717) is 16.7 Å². The second-order valence-electron chi connectivity index (χ2n) is 8.96. The van der Waals surface area contributed by atoms with E-state index in [9.17, 15) is 20.1 Å². The van der Waals surface area contributed by atoms with E-state index in [0.717, 1.165) is 49.7 Å². The van der Waals surface area contributed by atoms with Crippen LogP contribution in [0.5, 0.6) is 11.5 Å². The van der Waals surface area contributed by atoms with E-state index in [1.165, 1.54) is 11.8 Å². The first kappa shape index (κ1) is 19.9. The highest BCUT2D eigenvalue weighted by molar-refractivity contribution is 7.99. The molecule has 2 saturated carbocycles. The molecule has 7 heteroatoms. The van der Waals surface area contributed by atoms with E-state index in [4.69, 9.17) is 10.8 Å². The van der Waals surface area contributed by atoms with E-state index in [2.05, 4.69) is 6.92 Å². The molecule has 6 nitrogen and oxygen atoms in total. The fourth-order valence-electron chi connectivity index (χ4n) is 6.05. The van der Waals surface area contributed by atoms with Gasteiger partial charge in [-0.15, -0.1) is 11.8 Å². The number of nitrogens with two attached hydrogens (primary N) is 1. The Bertz CT molecular complexity index is 799. The number of phenolic OH excluding ortho intramolecular Hbond substituents is 2. The SMILES string of the molecule is C[C@]12CC[C@@H]3c4c(cc(O)c(O)c4SC[C@@H](N)C(=O)O)CC[C@H]3[C@@H]1CC[C@@H]2O. The fourth-order valence-corrected chi connectivity index (χ4v) is 7.22. The molecule has 0 radical (unpaired) electrons. The molecule has 1 aromatic carbocycles. The van der Waals surface area contributed by atoms with Crippen molar-refractivity contribution in [3.63, 3.8) is 0 Å². The Morgan fingerprint density at radius 1 is 1.32 bits per heavy atom. The molecule has 0 bridgehead atoms. The molecule has 28 heavy (non-hydrogen) atoms. The number of thioether (sulfide) groups is 1. The van der Waals surface area contributed by atoms with Crippen molar-refractivity contribution >= 4 is 17.7 Å². The van der Waals surface area contributed by atoms with Crippen LogP contribution in [-0.4, -0.2) is 44.3 Å². The van der Waals surface area contributed by atoms with Gasteiger partial charge >= 0.3 is 5.97 Å². The second kappa shape index (κ2) is 7.11. The Balaban J connectivity index is 1.71. The molecule has 3 aliphatic rings. The van der Waals surface area contributed by atoms with Gasteiger partial charge in [0.25, 0.3) is 0 Å². The highest BCUT2D eigenvalue weighted by Gasteiger charge is 2.54. The molecule has 1 aromatic rings. The number of fused-ring (bicyclic) bond motifs is 5. The largest absolute Gasteiger partial charge is 0.504 e. The summed E-state index contributed by atoms with van der Waals surface area (Å²) in [5.41, 5.74) is 7.75. The highest BCUT2D eigenvalue weighted by Crippen LogP contribution is 2.62. The first-order valence-electron chi connectivity index (χ1n) is 10.1. The third-order valence-corrected chi connectivity index (χ3v) is 8.82. The van der Waals surface area contributed by atoms with Gasteiger partial charge in [-0.25, -0.2) is 0 Å². The number of hydrogen-bond acceptors (Lipinski definition) is 6. The summed E-state index contributed by atoms with van der Waals surface area (Å²) >= 11 is 1.23. The molecular weight excluding hydrogens is 378 g/mol. The van der Waals surface area contributed by atoms with Crippen LogP contribution in [0.15, 0.2) is 11.0 Å². The number of aliphatic carboxylic acids is 1. The van der Waals surface area contributed by atoms with Crippen molar-refractivity contribution in [3.05, 3.63) is 17.2 Å². The van der Waals surface area contributed by atoms with Crippen LogP contribution in [0.1, 0.15) is 56.1 Å². The summed E-state index contributed by atoms with van der Waals surface area (Å²) in [5, 5.41) is 40.4. The van der Waals surface area contributed by atoms with Gasteiger partial charge in [-0.1, -0.05) is 6.92 Å². The average molecular weight is 408 g/mol. The molecule has 6 N–H and O–H groups in total. The summed E-state index contributed by atoms with van der Waals surface area (Å²) in [6, 6.07) is 0.640. The highest BCUT2D eigenvalue weighted by atomic mass is 32.2. The van der Waals surface area contributed by atoms with Crippen molar-refractivity contribution < 1.29 is 25.2 Å². The van der Waals surface area contributed by atoms with Crippen LogP contribution in [0, 0.1) is 17.3 Å². The van der Waals surface area contributed by atoms with Crippen LogP contribution >= 0.6 is 11.8 Å². The van der Waals surface area contributed by atoms with Crippen molar-refractivity contribution in [1.82, 2.24) is 0 Å². The summed E-state index contributed by atoms with van der Waals surface area (Å²) in [4.78, 5) is 11.7. The fraction of sp³-hybridized carbons (Fsp3) is 0.667. The van der Waals surface area contributed by atoms with Gasteiger partial charge in [0.2, 0.25) is 0 Å². The summed E-state index contributed by atoms with van der Waals surface area (Å²) in [6.07, 6.45) is 5.37. The van der Waals surface area contributed by atoms with Gasteiger partial charge in [0.1, 0.15) is 6.04 Å². The van der Waals surface area contributed by atoms with Crippen LogP contribution in [0.2, 0.25) is 0 Å². The Morgan fingerprint density at radius 2 is 2.07 bits per heavy atom. The third kappa shape index (κ3) is 2.99. The normalized spacial score (nSPS) is 35.0. The summed E-state index contributed by atoms with van der Waals surface area (Å²) in [5.74, 6) is -0.0863. The Labute approximate surface area is 169 Å². The van der Waals surface area contributed by atoms with Gasteiger partial charge in [-0.2, -0.15) is 0 Å². The number of rotatable bonds is 4. The Kier molecular flexibility index (Phi) is 5.04. The van der Waals surface area contributed by atoms with E-state index in [1.807, 2.05) is 0 Å². The maximum absolute atomic E-state index is 11.1. The van der Waals surface area contributed by atoms with Crippen molar-refractivity contribution in [2.75, 3.05) is 5.75 Å². The molecule has 3 aliphatic carbocycles. The molecule has 6 atom stereocenters. The molecule has 0 amide bonds. The monoisotopic (exact) mass is 407 g/mol. The first-order valence-corrected chi connectivity index (χ1v) is 11.1. The summed E-state index contributed by atoms with van der Waals surface area (Å²) < 4.78 is 0. The molecule has 2 fully saturated rings. The van der Waals surface area contributed by atoms with E-state index < -0.39 is 12.0 Å². The number of hydrogen-bond donors (Lipinski definition) is 5. The quantitative estimate of drug-likeness (QED) is 0.384. The molecule has 0 saturated heterocycles. The van der Waals surface area contributed by atoms with Crippen LogP contribution in [0.3, 0.4) is 0 Å². The number of carbonyl (C=O) groups is 1. The van der Waals surface area contributed by atoms with Gasteiger partial charge in [0.15, 0.2) is 11.5 Å². The number of aromatic hydroxyl groups is 2. The number of aliphatic hydroxyl groups excluding tert-OH is 1. The molecule has 0 spiro atoms. The predicted molar refractivity (Wildman–Crippen MR) is 107 cm³/mol. The van der Waals surface area contributed by atoms with Crippen molar-refractivity contribution in [2.24, 2.45) is 23.0 Å². The Morgan fingerprint density at radius 3 is 2.79 bits per heavy atom. The van der Waals surface area contributed by atoms with Crippen molar-refractivity contribution in [2.45, 2.75) is 68.4 Å². The number of aliphatic hydroxyl groups is 1. The predicted octanol–water partition coefficient (Wildman–Crippen LogP) is 2.82. The Hall–Kier alpha value is -1.44. The lowest BCUT2D eigenvalue weighted by molar-refractivity contribution is -0.137. The molecule has 0 aromatic heterocycles. The summed E-state index contributed by atoms with van der Waals surface area (Å²) in [7, 11) is 0. The topological polar surface area (TPSA) is 124 Å². The third-order valence-electron chi connectivity index (χ3n) is 7.59. The lowest BCUT2D eigenvalue weighted by Gasteiger charge is -2.50. The molecule has 0 heterocycles. The van der Waals surface area contributed by atoms with Gasteiger partial charge in [-0.05, 0) is 78.9 Å². The van der Waals surface area contributed by atoms with Crippen molar-refractivity contribution in [3.8, 4) is 11.5 Å². The summed E-state index contributed by atoms with van der Waals surface area (Å²) in [6.45, 7) is 2.22. The number of carboxylic acid groups (broad SMARTS) is 1. The van der Waals surface area contributed by atoms with Gasteiger partial charge in [0, 0.05) is 5.75 Å². The number of phenols is 2. The zero-order chi connectivity index (χ0) is 20.2. The van der Waals surface area contributed by atoms with Gasteiger partial charge in [0.05, 0.1) is 11.0 Å².